The van der Waals surface area contributed by atoms with E-state index in [0.717, 1.165) is 37.8 Å². The minimum Gasteiger partial charge on any atom is -0.336 e. The van der Waals surface area contributed by atoms with Gasteiger partial charge in [-0.3, -0.25) is 4.79 Å². The number of benzene rings is 1. The molecule has 0 aliphatic carbocycles. The lowest BCUT2D eigenvalue weighted by molar-refractivity contribution is 0.0724. The zero-order valence-electron chi connectivity index (χ0n) is 11.4. The predicted molar refractivity (Wildman–Crippen MR) is 73.5 cm³/mol. The normalized spacial score (nSPS) is 18.9. The van der Waals surface area contributed by atoms with Crippen molar-refractivity contribution in [1.29, 1.82) is 0 Å². The second kappa shape index (κ2) is 6.15. The van der Waals surface area contributed by atoms with Crippen molar-refractivity contribution in [3.8, 4) is 0 Å². The van der Waals surface area contributed by atoms with Gasteiger partial charge in [0.2, 0.25) is 0 Å². The fourth-order valence-electron chi connectivity index (χ4n) is 2.70. The van der Waals surface area contributed by atoms with Crippen LogP contribution in [0, 0.1) is 12.7 Å². The highest BCUT2D eigenvalue weighted by molar-refractivity contribution is 5.95. The Morgan fingerprint density at radius 2 is 2.32 bits per heavy atom. The molecular formula is C15H21FN2O. The molecule has 1 aromatic rings. The Balaban J connectivity index is 2.13. The van der Waals surface area contributed by atoms with Crippen LogP contribution >= 0.6 is 0 Å². The quantitative estimate of drug-likeness (QED) is 0.908. The summed E-state index contributed by atoms with van der Waals surface area (Å²) in [6.07, 6.45) is 3.81. The van der Waals surface area contributed by atoms with Gasteiger partial charge in [-0.1, -0.05) is 6.07 Å². The largest absolute Gasteiger partial charge is 0.336 e. The van der Waals surface area contributed by atoms with E-state index in [1.165, 1.54) is 6.07 Å². The maximum atomic E-state index is 13.9. The van der Waals surface area contributed by atoms with Crippen LogP contribution in [0.2, 0.25) is 0 Å². The van der Waals surface area contributed by atoms with Crippen LogP contribution in [0.4, 0.5) is 4.39 Å². The Morgan fingerprint density at radius 3 is 3.00 bits per heavy atom. The molecule has 0 radical (unpaired) electrons. The third-order valence-electron chi connectivity index (χ3n) is 3.73. The smallest absolute Gasteiger partial charge is 0.257 e. The average molecular weight is 264 g/mol. The van der Waals surface area contributed by atoms with Crippen LogP contribution in [-0.4, -0.2) is 29.9 Å². The lowest BCUT2D eigenvalue weighted by Gasteiger charge is -2.25. The number of carbonyl (C=O) groups excluding carboxylic acids is 1. The maximum absolute atomic E-state index is 13.9. The Bertz CT molecular complexity index is 461. The van der Waals surface area contributed by atoms with Gasteiger partial charge in [-0.25, -0.2) is 4.39 Å². The lowest BCUT2D eigenvalue weighted by atomic mass is 10.1. The Hall–Kier alpha value is -1.42. The molecule has 1 unspecified atom stereocenters. The molecule has 4 heteroatoms. The molecule has 0 spiro atoms. The maximum Gasteiger partial charge on any atom is 0.257 e. The van der Waals surface area contributed by atoms with Crippen molar-refractivity contribution < 1.29 is 9.18 Å². The van der Waals surface area contributed by atoms with E-state index in [-0.39, 0.29) is 17.5 Å². The number of nitrogens with two attached hydrogens (primary N) is 1. The molecule has 1 saturated heterocycles. The van der Waals surface area contributed by atoms with Crippen molar-refractivity contribution in [2.75, 3.05) is 13.1 Å². The first-order valence-corrected chi connectivity index (χ1v) is 6.90. The first-order chi connectivity index (χ1) is 9.13. The summed E-state index contributed by atoms with van der Waals surface area (Å²) in [5.41, 5.74) is 6.53. The van der Waals surface area contributed by atoms with Gasteiger partial charge in [-0.15, -0.1) is 0 Å². The zero-order chi connectivity index (χ0) is 13.8. The van der Waals surface area contributed by atoms with Gasteiger partial charge in [-0.2, -0.15) is 0 Å². The molecule has 1 aliphatic rings. The summed E-state index contributed by atoms with van der Waals surface area (Å²) < 4.78 is 13.9. The van der Waals surface area contributed by atoms with E-state index in [9.17, 15) is 9.18 Å². The minimum absolute atomic E-state index is 0.183. The van der Waals surface area contributed by atoms with Crippen molar-refractivity contribution in [3.63, 3.8) is 0 Å². The topological polar surface area (TPSA) is 46.3 Å². The zero-order valence-corrected chi connectivity index (χ0v) is 11.4. The number of likely N-dealkylation sites (tertiary alicyclic amines) is 1. The molecule has 2 N–H and O–H groups in total. The third kappa shape index (κ3) is 3.13. The fourth-order valence-corrected chi connectivity index (χ4v) is 2.70. The van der Waals surface area contributed by atoms with Crippen molar-refractivity contribution in [1.82, 2.24) is 4.90 Å². The number of aryl methyl sites for hydroxylation is 1. The van der Waals surface area contributed by atoms with Crippen LogP contribution < -0.4 is 5.73 Å². The lowest BCUT2D eigenvalue weighted by Crippen LogP contribution is -2.36. The molecule has 0 bridgehead atoms. The van der Waals surface area contributed by atoms with Gasteiger partial charge < -0.3 is 10.6 Å². The Kier molecular flexibility index (Phi) is 4.53. The Labute approximate surface area is 113 Å². The van der Waals surface area contributed by atoms with Crippen molar-refractivity contribution in [2.45, 2.75) is 38.6 Å². The highest BCUT2D eigenvalue weighted by Crippen LogP contribution is 2.24. The molecular weight excluding hydrogens is 243 g/mol. The highest BCUT2D eigenvalue weighted by atomic mass is 19.1. The number of halogens is 1. The van der Waals surface area contributed by atoms with E-state index in [0.29, 0.717) is 6.54 Å². The standard InChI is InChI=1S/C15H21FN2O/c1-11-6-7-13(14(16)10-11)15(19)18-9-3-5-12(18)4-2-8-17/h6-7,10,12H,2-5,8-9,17H2,1H3. The van der Waals surface area contributed by atoms with E-state index in [2.05, 4.69) is 0 Å². The van der Waals surface area contributed by atoms with Gasteiger partial charge in [0, 0.05) is 12.6 Å². The van der Waals surface area contributed by atoms with E-state index < -0.39 is 5.82 Å². The molecule has 0 aromatic heterocycles. The highest BCUT2D eigenvalue weighted by Gasteiger charge is 2.30. The molecule has 1 fully saturated rings. The molecule has 3 nitrogen and oxygen atoms in total. The first kappa shape index (κ1) is 14.0. The second-order valence-electron chi connectivity index (χ2n) is 5.21. The number of nitrogens with zero attached hydrogens (tertiary/aromatic N) is 1. The van der Waals surface area contributed by atoms with E-state index >= 15 is 0 Å². The molecule has 0 saturated carbocycles. The summed E-state index contributed by atoms with van der Waals surface area (Å²) in [5, 5.41) is 0. The minimum atomic E-state index is -0.422. The first-order valence-electron chi connectivity index (χ1n) is 6.90. The summed E-state index contributed by atoms with van der Waals surface area (Å²) in [7, 11) is 0. The molecule has 1 amide bonds. The second-order valence-corrected chi connectivity index (χ2v) is 5.21. The molecule has 104 valence electrons. The monoisotopic (exact) mass is 264 g/mol. The number of amides is 1. The molecule has 1 atom stereocenters. The van der Waals surface area contributed by atoms with Crippen LogP contribution in [-0.2, 0) is 0 Å². The van der Waals surface area contributed by atoms with Crippen LogP contribution in [0.25, 0.3) is 0 Å². The summed E-state index contributed by atoms with van der Waals surface area (Å²) in [5.74, 6) is -0.605. The van der Waals surface area contributed by atoms with Gasteiger partial charge in [0.25, 0.3) is 5.91 Å². The summed E-state index contributed by atoms with van der Waals surface area (Å²) in [6.45, 7) is 3.18. The van der Waals surface area contributed by atoms with E-state index in [1.54, 1.807) is 12.1 Å². The molecule has 1 aromatic carbocycles. The summed E-state index contributed by atoms with van der Waals surface area (Å²) in [6, 6.07) is 5.00. The van der Waals surface area contributed by atoms with Gasteiger partial charge in [0.05, 0.1) is 5.56 Å². The van der Waals surface area contributed by atoms with Crippen molar-refractivity contribution >= 4 is 5.91 Å². The SMILES string of the molecule is Cc1ccc(C(=O)N2CCCC2CCCN)c(F)c1. The predicted octanol–water partition coefficient (Wildman–Crippen LogP) is 2.48. The molecule has 2 rings (SSSR count). The fraction of sp³-hybridized carbons (Fsp3) is 0.533. The van der Waals surface area contributed by atoms with Gasteiger partial charge in [0.15, 0.2) is 0 Å². The number of carbonyl (C=O) groups is 1. The van der Waals surface area contributed by atoms with Crippen LogP contribution in [0.5, 0.6) is 0 Å². The van der Waals surface area contributed by atoms with Crippen molar-refractivity contribution in [2.24, 2.45) is 5.73 Å². The third-order valence-corrected chi connectivity index (χ3v) is 3.73. The average Bonchev–Trinajstić information content (AvgIpc) is 2.83. The summed E-state index contributed by atoms with van der Waals surface area (Å²) >= 11 is 0. The van der Waals surface area contributed by atoms with Crippen LogP contribution in [0.1, 0.15) is 41.6 Å². The van der Waals surface area contributed by atoms with Gasteiger partial charge >= 0.3 is 0 Å². The summed E-state index contributed by atoms with van der Waals surface area (Å²) in [4.78, 5) is 14.2. The number of hydrogen-bond donors (Lipinski definition) is 1. The van der Waals surface area contributed by atoms with Gasteiger partial charge in [-0.05, 0) is 56.8 Å². The number of rotatable bonds is 4. The van der Waals surface area contributed by atoms with E-state index in [4.69, 9.17) is 5.73 Å². The van der Waals surface area contributed by atoms with Crippen molar-refractivity contribution in [3.05, 3.63) is 35.1 Å². The Morgan fingerprint density at radius 1 is 1.53 bits per heavy atom. The molecule has 19 heavy (non-hydrogen) atoms. The van der Waals surface area contributed by atoms with E-state index in [1.807, 2.05) is 11.8 Å². The van der Waals surface area contributed by atoms with Crippen LogP contribution in [0.15, 0.2) is 18.2 Å². The van der Waals surface area contributed by atoms with Crippen LogP contribution in [0.3, 0.4) is 0 Å². The molecule has 1 heterocycles. The number of hydrogen-bond acceptors (Lipinski definition) is 2. The molecule has 1 aliphatic heterocycles. The van der Waals surface area contributed by atoms with Gasteiger partial charge in [0.1, 0.15) is 5.82 Å².